The zero-order chi connectivity index (χ0) is 11.8. The molecule has 16 heavy (non-hydrogen) atoms. The Labute approximate surface area is 96.9 Å². The van der Waals surface area contributed by atoms with E-state index in [1.807, 2.05) is 31.3 Å². The first-order valence-corrected chi connectivity index (χ1v) is 5.37. The second-order valence-corrected chi connectivity index (χ2v) is 3.62. The van der Waals surface area contributed by atoms with Crippen LogP contribution < -0.4 is 10.6 Å². The highest BCUT2D eigenvalue weighted by molar-refractivity contribution is 5.55. The third kappa shape index (κ3) is 4.51. The predicted octanol–water partition coefficient (Wildman–Crippen LogP) is 1.37. The van der Waals surface area contributed by atoms with Crippen LogP contribution in [0.5, 0.6) is 0 Å². The van der Waals surface area contributed by atoms with E-state index in [4.69, 9.17) is 15.2 Å². The van der Waals surface area contributed by atoms with Crippen LogP contribution in [0.1, 0.15) is 0 Å². The molecule has 0 saturated carbocycles. The first kappa shape index (κ1) is 12.8. The minimum absolute atomic E-state index is 0.640. The first-order chi connectivity index (χ1) is 7.74. The van der Waals surface area contributed by atoms with Crippen LogP contribution in [0, 0.1) is 0 Å². The second-order valence-electron chi connectivity index (χ2n) is 3.62. The summed E-state index contributed by atoms with van der Waals surface area (Å²) in [6.45, 7) is 2.81. The van der Waals surface area contributed by atoms with E-state index < -0.39 is 0 Å². The minimum Gasteiger partial charge on any atom is -0.399 e. The van der Waals surface area contributed by atoms with E-state index in [0.29, 0.717) is 19.8 Å². The highest BCUT2D eigenvalue weighted by Crippen LogP contribution is 2.15. The molecule has 0 spiro atoms. The molecule has 1 aromatic rings. The van der Waals surface area contributed by atoms with Crippen molar-refractivity contribution in [1.29, 1.82) is 0 Å². The van der Waals surface area contributed by atoms with Gasteiger partial charge < -0.3 is 20.1 Å². The molecule has 0 aliphatic rings. The van der Waals surface area contributed by atoms with Crippen LogP contribution >= 0.6 is 0 Å². The average Bonchev–Trinajstić information content (AvgIpc) is 2.28. The van der Waals surface area contributed by atoms with Crippen molar-refractivity contribution >= 4 is 11.4 Å². The lowest BCUT2D eigenvalue weighted by molar-refractivity contribution is 0.0744. The van der Waals surface area contributed by atoms with Gasteiger partial charge in [0, 0.05) is 32.1 Å². The summed E-state index contributed by atoms with van der Waals surface area (Å²) in [7, 11) is 3.69. The SMILES string of the molecule is COCCOCCN(C)c1cccc(N)c1. The van der Waals surface area contributed by atoms with E-state index >= 15 is 0 Å². The molecule has 4 heteroatoms. The summed E-state index contributed by atoms with van der Waals surface area (Å²) >= 11 is 0. The van der Waals surface area contributed by atoms with Crippen molar-refractivity contribution in [1.82, 2.24) is 0 Å². The highest BCUT2D eigenvalue weighted by atomic mass is 16.5. The van der Waals surface area contributed by atoms with Gasteiger partial charge in [0.25, 0.3) is 0 Å². The quantitative estimate of drug-likeness (QED) is 0.561. The molecule has 0 aliphatic heterocycles. The van der Waals surface area contributed by atoms with Gasteiger partial charge in [0.2, 0.25) is 0 Å². The maximum Gasteiger partial charge on any atom is 0.0701 e. The van der Waals surface area contributed by atoms with Gasteiger partial charge >= 0.3 is 0 Å². The smallest absolute Gasteiger partial charge is 0.0701 e. The Kier molecular flexibility index (Phi) is 5.67. The van der Waals surface area contributed by atoms with E-state index in [-0.39, 0.29) is 0 Å². The summed E-state index contributed by atoms with van der Waals surface area (Å²) in [6, 6.07) is 7.82. The van der Waals surface area contributed by atoms with Gasteiger partial charge in [0.15, 0.2) is 0 Å². The van der Waals surface area contributed by atoms with Crippen molar-refractivity contribution in [3.05, 3.63) is 24.3 Å². The molecule has 0 heterocycles. The fourth-order valence-corrected chi connectivity index (χ4v) is 1.34. The number of nitrogens with two attached hydrogens (primary N) is 1. The average molecular weight is 224 g/mol. The molecule has 0 fully saturated rings. The Bertz CT molecular complexity index is 305. The van der Waals surface area contributed by atoms with Crippen molar-refractivity contribution in [2.75, 3.05) is 51.2 Å². The van der Waals surface area contributed by atoms with E-state index in [0.717, 1.165) is 17.9 Å². The third-order valence-electron chi connectivity index (χ3n) is 2.31. The molecular weight excluding hydrogens is 204 g/mol. The van der Waals surface area contributed by atoms with E-state index in [2.05, 4.69) is 4.90 Å². The molecule has 1 aromatic carbocycles. The summed E-state index contributed by atoms with van der Waals surface area (Å²) in [6.07, 6.45) is 0. The zero-order valence-electron chi connectivity index (χ0n) is 9.98. The molecule has 0 aromatic heterocycles. The van der Waals surface area contributed by atoms with Crippen LogP contribution in [0.3, 0.4) is 0 Å². The van der Waals surface area contributed by atoms with Gasteiger partial charge in [-0.15, -0.1) is 0 Å². The molecule has 0 saturated heterocycles. The highest BCUT2D eigenvalue weighted by Gasteiger charge is 2.00. The Morgan fingerprint density at radius 3 is 2.75 bits per heavy atom. The number of methoxy groups -OCH3 is 1. The predicted molar refractivity (Wildman–Crippen MR) is 66.8 cm³/mol. The number of hydrogen-bond acceptors (Lipinski definition) is 4. The van der Waals surface area contributed by atoms with Gasteiger partial charge in [-0.2, -0.15) is 0 Å². The van der Waals surface area contributed by atoms with E-state index in [1.54, 1.807) is 7.11 Å². The maximum atomic E-state index is 5.72. The molecule has 4 nitrogen and oxygen atoms in total. The lowest BCUT2D eigenvalue weighted by atomic mass is 10.2. The van der Waals surface area contributed by atoms with Gasteiger partial charge in [0.1, 0.15) is 0 Å². The van der Waals surface area contributed by atoms with Crippen LogP contribution in [0.2, 0.25) is 0 Å². The molecule has 0 amide bonds. The number of nitrogen functional groups attached to an aromatic ring is 1. The number of anilines is 2. The number of ether oxygens (including phenoxy) is 2. The van der Waals surface area contributed by atoms with Gasteiger partial charge in [-0.05, 0) is 18.2 Å². The molecule has 2 N–H and O–H groups in total. The summed E-state index contributed by atoms with van der Waals surface area (Å²) in [5.74, 6) is 0. The molecule has 1 rings (SSSR count). The van der Waals surface area contributed by atoms with Crippen LogP contribution in [0.4, 0.5) is 11.4 Å². The van der Waals surface area contributed by atoms with Crippen molar-refractivity contribution < 1.29 is 9.47 Å². The molecule has 0 atom stereocenters. The summed E-state index contributed by atoms with van der Waals surface area (Å²) in [5, 5.41) is 0. The lowest BCUT2D eigenvalue weighted by Crippen LogP contribution is -2.23. The Morgan fingerprint density at radius 1 is 1.25 bits per heavy atom. The van der Waals surface area contributed by atoms with Crippen LogP contribution in [-0.2, 0) is 9.47 Å². The number of rotatable bonds is 7. The maximum absolute atomic E-state index is 5.72. The van der Waals surface area contributed by atoms with Crippen molar-refractivity contribution in [2.45, 2.75) is 0 Å². The fourth-order valence-electron chi connectivity index (χ4n) is 1.34. The topological polar surface area (TPSA) is 47.7 Å². The van der Waals surface area contributed by atoms with Gasteiger partial charge in [-0.3, -0.25) is 0 Å². The number of benzene rings is 1. The van der Waals surface area contributed by atoms with Gasteiger partial charge in [-0.25, -0.2) is 0 Å². The monoisotopic (exact) mass is 224 g/mol. The fraction of sp³-hybridized carbons (Fsp3) is 0.500. The van der Waals surface area contributed by atoms with Gasteiger partial charge in [0.05, 0.1) is 19.8 Å². The lowest BCUT2D eigenvalue weighted by Gasteiger charge is -2.19. The van der Waals surface area contributed by atoms with Crippen LogP contribution in [0.25, 0.3) is 0 Å². The Balaban J connectivity index is 2.27. The number of nitrogens with zero attached hydrogens (tertiary/aromatic N) is 1. The van der Waals surface area contributed by atoms with Gasteiger partial charge in [-0.1, -0.05) is 6.07 Å². The van der Waals surface area contributed by atoms with Crippen LogP contribution in [0.15, 0.2) is 24.3 Å². The van der Waals surface area contributed by atoms with Crippen molar-refractivity contribution in [3.8, 4) is 0 Å². The summed E-state index contributed by atoms with van der Waals surface area (Å²) in [5.41, 5.74) is 7.61. The Morgan fingerprint density at radius 2 is 2.06 bits per heavy atom. The van der Waals surface area contributed by atoms with Crippen molar-refractivity contribution in [2.24, 2.45) is 0 Å². The van der Waals surface area contributed by atoms with Crippen molar-refractivity contribution in [3.63, 3.8) is 0 Å². The molecule has 0 aliphatic carbocycles. The van der Waals surface area contributed by atoms with E-state index in [9.17, 15) is 0 Å². The molecule has 0 radical (unpaired) electrons. The molecule has 0 bridgehead atoms. The summed E-state index contributed by atoms with van der Waals surface area (Å²) in [4.78, 5) is 2.11. The van der Waals surface area contributed by atoms with E-state index in [1.165, 1.54) is 0 Å². The largest absolute Gasteiger partial charge is 0.399 e. The third-order valence-corrected chi connectivity index (χ3v) is 2.31. The van der Waals surface area contributed by atoms with Crippen LogP contribution in [-0.4, -0.2) is 40.5 Å². The zero-order valence-corrected chi connectivity index (χ0v) is 9.98. The normalized spacial score (nSPS) is 10.4. The number of likely N-dealkylation sites (N-methyl/N-ethyl adjacent to an activating group) is 1. The summed E-state index contributed by atoms with van der Waals surface area (Å²) < 4.78 is 10.3. The molecule has 0 unspecified atom stereocenters. The Hall–Kier alpha value is -1.26. The first-order valence-electron chi connectivity index (χ1n) is 5.37. The minimum atomic E-state index is 0.640. The molecular formula is C12H20N2O2. The second kappa shape index (κ2) is 7.09. The molecule has 90 valence electrons. The standard InChI is InChI=1S/C12H20N2O2/c1-14(6-7-16-9-8-15-2)12-5-3-4-11(13)10-12/h3-5,10H,6-9,13H2,1-2H3. The number of hydrogen-bond donors (Lipinski definition) is 1.